The summed E-state index contributed by atoms with van der Waals surface area (Å²) in [5, 5.41) is 21.1. The molecular weight excluding hydrogens is 377 g/mol. The summed E-state index contributed by atoms with van der Waals surface area (Å²) >= 11 is 0. The van der Waals surface area contributed by atoms with E-state index in [1.807, 2.05) is 0 Å². The van der Waals surface area contributed by atoms with Crippen molar-refractivity contribution < 1.29 is 28.9 Å². The molecule has 1 aliphatic rings. The number of carbonyl (C=O) groups excluding carboxylic acids is 2. The number of nitrogens with two attached hydrogens (primary N) is 1. The predicted octanol–water partition coefficient (Wildman–Crippen LogP) is -1.01. The Balaban J connectivity index is 2.13. The maximum Gasteiger partial charge on any atom is 0.280 e. The first-order valence-corrected chi connectivity index (χ1v) is 8.65. The van der Waals surface area contributed by atoms with Gasteiger partial charge in [0.1, 0.15) is 12.2 Å². The Morgan fingerprint density at radius 3 is 2.75 bits per heavy atom. The number of fused-ring (bicyclic) bond motifs is 1. The molecule has 12 heteroatoms. The van der Waals surface area contributed by atoms with E-state index in [2.05, 4.69) is 15.0 Å². The zero-order chi connectivity index (χ0) is 20.8. The van der Waals surface area contributed by atoms with Crippen LogP contribution in [0.1, 0.15) is 32.9 Å². The van der Waals surface area contributed by atoms with Gasteiger partial charge in [0.15, 0.2) is 40.7 Å². The lowest BCUT2D eigenvalue weighted by atomic mass is 9.83. The van der Waals surface area contributed by atoms with E-state index >= 15 is 4.39 Å². The van der Waals surface area contributed by atoms with Crippen LogP contribution in [0, 0.1) is 0 Å². The molecule has 2 aromatic rings. The molecule has 0 aromatic carbocycles. The zero-order valence-electron chi connectivity index (χ0n) is 15.1. The number of imidazole rings is 1. The number of nitrogens with zero attached hydrogens (tertiary/aromatic N) is 3. The number of aliphatic hydroxyl groups excluding tert-OH is 1. The summed E-state index contributed by atoms with van der Waals surface area (Å²) in [4.78, 5) is 46.2. The number of rotatable bonds is 6. The van der Waals surface area contributed by atoms with Gasteiger partial charge in [-0.25, -0.2) is 9.37 Å². The number of nitrogens with one attached hydrogen (secondary N) is 1. The number of hydrogen-bond acceptors (Lipinski definition) is 9. The van der Waals surface area contributed by atoms with Crippen LogP contribution in [-0.2, 0) is 14.3 Å². The van der Waals surface area contributed by atoms with E-state index < -0.39 is 47.3 Å². The molecule has 0 spiro atoms. The molecule has 0 saturated carbocycles. The van der Waals surface area contributed by atoms with Gasteiger partial charge >= 0.3 is 0 Å². The van der Waals surface area contributed by atoms with Gasteiger partial charge in [-0.3, -0.25) is 23.9 Å². The second kappa shape index (κ2) is 7.04. The quantitative estimate of drug-likeness (QED) is 0.476. The van der Waals surface area contributed by atoms with Crippen LogP contribution < -0.4 is 11.3 Å². The lowest BCUT2D eigenvalue weighted by molar-refractivity contribution is -0.162. The SMILES string of the molecule is CCC(=O)C(O)[C@H]1O[C@@H](n2cnc3c(=O)[nH]c(N)nc32)[C@H](F)[C@@]1(O)C(=O)CC. The molecule has 3 heterocycles. The first kappa shape index (κ1) is 20.0. The summed E-state index contributed by atoms with van der Waals surface area (Å²) < 4.78 is 21.8. The molecule has 5 N–H and O–H groups in total. The summed E-state index contributed by atoms with van der Waals surface area (Å²) in [6.45, 7) is 2.87. The molecule has 0 radical (unpaired) electrons. The average Bonchev–Trinajstić information content (AvgIpc) is 3.20. The van der Waals surface area contributed by atoms with Crippen molar-refractivity contribution in [1.82, 2.24) is 19.5 Å². The summed E-state index contributed by atoms with van der Waals surface area (Å²) in [7, 11) is 0. The Bertz CT molecular complexity index is 990. The molecule has 152 valence electrons. The fourth-order valence-corrected chi connectivity index (χ4v) is 3.32. The van der Waals surface area contributed by atoms with Crippen molar-refractivity contribution in [3.63, 3.8) is 0 Å². The van der Waals surface area contributed by atoms with Gasteiger partial charge < -0.3 is 20.7 Å². The second-order valence-corrected chi connectivity index (χ2v) is 6.49. The van der Waals surface area contributed by atoms with E-state index in [-0.39, 0.29) is 30.0 Å². The molecule has 5 atom stereocenters. The average molecular weight is 397 g/mol. The first-order chi connectivity index (χ1) is 13.2. The van der Waals surface area contributed by atoms with Crippen LogP contribution in [0.5, 0.6) is 0 Å². The van der Waals surface area contributed by atoms with Crippen LogP contribution in [0.2, 0.25) is 0 Å². The van der Waals surface area contributed by atoms with E-state index in [9.17, 15) is 24.6 Å². The molecule has 1 saturated heterocycles. The van der Waals surface area contributed by atoms with Gasteiger partial charge in [-0.05, 0) is 0 Å². The number of aromatic nitrogens is 4. The number of ether oxygens (including phenoxy) is 1. The number of Topliss-reactive ketones (excluding diaryl/α,β-unsaturated/α-hetero) is 2. The third-order valence-electron chi connectivity index (χ3n) is 4.85. The minimum Gasteiger partial charge on any atom is -0.382 e. The van der Waals surface area contributed by atoms with Gasteiger partial charge in [0.25, 0.3) is 5.56 Å². The molecule has 28 heavy (non-hydrogen) atoms. The van der Waals surface area contributed by atoms with Crippen molar-refractivity contribution in [3.05, 3.63) is 16.7 Å². The topological polar surface area (TPSA) is 173 Å². The molecule has 1 aliphatic heterocycles. The van der Waals surface area contributed by atoms with E-state index in [1.165, 1.54) is 13.8 Å². The molecule has 3 rings (SSSR count). The molecule has 11 nitrogen and oxygen atoms in total. The van der Waals surface area contributed by atoms with Gasteiger partial charge in [-0.2, -0.15) is 4.98 Å². The lowest BCUT2D eigenvalue weighted by Gasteiger charge is -2.30. The van der Waals surface area contributed by atoms with Gasteiger partial charge in [0, 0.05) is 12.8 Å². The zero-order valence-corrected chi connectivity index (χ0v) is 15.1. The Kier molecular flexibility index (Phi) is 5.04. The van der Waals surface area contributed by atoms with Crippen LogP contribution in [0.3, 0.4) is 0 Å². The van der Waals surface area contributed by atoms with Crippen molar-refractivity contribution in [2.24, 2.45) is 0 Å². The van der Waals surface area contributed by atoms with Crippen molar-refractivity contribution in [2.45, 2.75) is 56.9 Å². The fraction of sp³-hybridized carbons (Fsp3) is 0.562. The van der Waals surface area contributed by atoms with Crippen molar-refractivity contribution in [2.75, 3.05) is 5.73 Å². The van der Waals surface area contributed by atoms with Gasteiger partial charge in [-0.15, -0.1) is 0 Å². The highest BCUT2D eigenvalue weighted by Crippen LogP contribution is 2.43. The van der Waals surface area contributed by atoms with E-state index in [4.69, 9.17) is 10.5 Å². The Hall–Kier alpha value is -2.70. The Labute approximate surface area is 157 Å². The number of ketones is 2. The monoisotopic (exact) mass is 397 g/mol. The molecule has 1 unspecified atom stereocenters. The van der Waals surface area contributed by atoms with Crippen molar-refractivity contribution in [1.29, 1.82) is 0 Å². The van der Waals surface area contributed by atoms with Gasteiger partial charge in [-0.1, -0.05) is 13.8 Å². The lowest BCUT2D eigenvalue weighted by Crippen LogP contribution is -2.57. The number of carbonyl (C=O) groups is 2. The highest BCUT2D eigenvalue weighted by Gasteiger charge is 2.64. The first-order valence-electron chi connectivity index (χ1n) is 8.65. The van der Waals surface area contributed by atoms with Crippen LogP contribution in [0.4, 0.5) is 10.3 Å². The number of aromatic amines is 1. The van der Waals surface area contributed by atoms with Crippen molar-refractivity contribution >= 4 is 28.7 Å². The summed E-state index contributed by atoms with van der Waals surface area (Å²) in [5.41, 5.74) is 1.76. The molecule has 2 aromatic heterocycles. The number of halogens is 1. The van der Waals surface area contributed by atoms with Gasteiger partial charge in [0.05, 0.1) is 6.33 Å². The Morgan fingerprint density at radius 2 is 2.14 bits per heavy atom. The summed E-state index contributed by atoms with van der Waals surface area (Å²) in [6, 6.07) is 0. The molecular formula is C16H20FN5O6. The maximum atomic E-state index is 15.3. The predicted molar refractivity (Wildman–Crippen MR) is 92.9 cm³/mol. The van der Waals surface area contributed by atoms with Crippen LogP contribution in [0.15, 0.2) is 11.1 Å². The van der Waals surface area contributed by atoms with Crippen LogP contribution in [-0.4, -0.2) is 65.3 Å². The van der Waals surface area contributed by atoms with Crippen molar-refractivity contribution in [3.8, 4) is 0 Å². The van der Waals surface area contributed by atoms with Crippen LogP contribution >= 0.6 is 0 Å². The Morgan fingerprint density at radius 1 is 1.46 bits per heavy atom. The van der Waals surface area contributed by atoms with E-state index in [0.29, 0.717) is 0 Å². The number of hydrogen-bond donors (Lipinski definition) is 4. The maximum absolute atomic E-state index is 15.3. The van der Waals surface area contributed by atoms with Crippen LogP contribution in [0.25, 0.3) is 11.2 Å². The number of alkyl halides is 1. The molecule has 1 fully saturated rings. The molecule has 0 amide bonds. The normalized spacial score (nSPS) is 28.5. The molecule has 0 bridgehead atoms. The highest BCUT2D eigenvalue weighted by molar-refractivity contribution is 5.91. The summed E-state index contributed by atoms with van der Waals surface area (Å²) in [6.07, 6.45) is -7.15. The van der Waals surface area contributed by atoms with E-state index in [1.54, 1.807) is 0 Å². The van der Waals surface area contributed by atoms with Gasteiger partial charge in [0.2, 0.25) is 5.95 Å². The van der Waals surface area contributed by atoms with E-state index in [0.717, 1.165) is 10.9 Å². The number of nitrogen functional groups attached to an aromatic ring is 1. The minimum absolute atomic E-state index is 0.111. The molecule has 0 aliphatic carbocycles. The number of H-pyrrole nitrogens is 1. The smallest absolute Gasteiger partial charge is 0.280 e. The standard InChI is InChI=1S/C16H20FN5O6/c1-3-6(23)9(25)11-16(27,7(24)4-2)10(17)14(28-11)22-5-19-8-12(22)20-15(18)21-13(8)26/h5,9-11,14,25,27H,3-4H2,1-2H3,(H3,18,20,21,26)/t9?,10-,11+,14+,16-/m0/s1. The second-order valence-electron chi connectivity index (χ2n) is 6.49. The minimum atomic E-state index is -2.77. The highest BCUT2D eigenvalue weighted by atomic mass is 19.1. The number of aliphatic hydroxyl groups is 2. The summed E-state index contributed by atoms with van der Waals surface area (Å²) in [5.74, 6) is -1.93. The third kappa shape index (κ3) is 2.80. The number of anilines is 1. The fourth-order valence-electron chi connectivity index (χ4n) is 3.32. The largest absolute Gasteiger partial charge is 0.382 e. The third-order valence-corrected chi connectivity index (χ3v) is 4.85.